The molecule has 1 rings (SSSR count). The van der Waals surface area contributed by atoms with Crippen LogP contribution in [0.1, 0.15) is 19.4 Å². The first kappa shape index (κ1) is 13.5. The van der Waals surface area contributed by atoms with Crippen LogP contribution in [-0.2, 0) is 0 Å². The Hall–Kier alpha value is -0.540. The van der Waals surface area contributed by atoms with E-state index in [2.05, 4.69) is 48.1 Å². The second-order valence-corrected chi connectivity index (χ2v) is 5.75. The molecule has 0 saturated heterocycles. The Balaban J connectivity index is 2.57. The van der Waals surface area contributed by atoms with Crippen LogP contribution in [-0.4, -0.2) is 20.2 Å². The van der Waals surface area contributed by atoms with Crippen LogP contribution >= 0.6 is 15.9 Å². The van der Waals surface area contributed by atoms with Gasteiger partial charge in [-0.1, -0.05) is 29.8 Å². The quantitative estimate of drug-likeness (QED) is 0.896. The van der Waals surface area contributed by atoms with Crippen molar-refractivity contribution in [1.29, 1.82) is 0 Å². The van der Waals surface area contributed by atoms with Crippen LogP contribution in [0.25, 0.3) is 0 Å². The Morgan fingerprint density at radius 3 is 2.62 bits per heavy atom. The maximum atomic E-state index is 5.80. The van der Waals surface area contributed by atoms with E-state index in [-0.39, 0.29) is 5.41 Å². The lowest BCUT2D eigenvalue weighted by Crippen LogP contribution is -2.32. The third-order valence-electron chi connectivity index (χ3n) is 2.41. The highest BCUT2D eigenvalue weighted by atomic mass is 79.9. The Morgan fingerprint density at radius 2 is 2.06 bits per heavy atom. The summed E-state index contributed by atoms with van der Waals surface area (Å²) >= 11 is 3.48. The molecule has 0 aliphatic heterocycles. The van der Waals surface area contributed by atoms with Crippen molar-refractivity contribution in [3.8, 4) is 5.75 Å². The highest BCUT2D eigenvalue weighted by molar-refractivity contribution is 9.10. The number of rotatable bonds is 5. The van der Waals surface area contributed by atoms with Crippen LogP contribution in [0.2, 0.25) is 0 Å². The van der Waals surface area contributed by atoms with Gasteiger partial charge in [0, 0.05) is 16.4 Å². The molecule has 2 nitrogen and oxygen atoms in total. The first-order valence-electron chi connectivity index (χ1n) is 5.48. The van der Waals surface area contributed by atoms with Crippen molar-refractivity contribution < 1.29 is 4.74 Å². The van der Waals surface area contributed by atoms with Gasteiger partial charge in [-0.3, -0.25) is 0 Å². The minimum absolute atomic E-state index is 0.149. The van der Waals surface area contributed by atoms with Gasteiger partial charge in [-0.05, 0) is 37.7 Å². The van der Waals surface area contributed by atoms with Crippen LogP contribution in [0.3, 0.4) is 0 Å². The number of ether oxygens (including phenoxy) is 1. The molecule has 0 saturated carbocycles. The molecule has 0 radical (unpaired) electrons. The van der Waals surface area contributed by atoms with E-state index in [0.29, 0.717) is 0 Å². The van der Waals surface area contributed by atoms with Crippen molar-refractivity contribution in [3.63, 3.8) is 0 Å². The average molecular weight is 286 g/mol. The lowest BCUT2D eigenvalue weighted by atomic mass is 9.95. The van der Waals surface area contributed by atoms with E-state index >= 15 is 0 Å². The van der Waals surface area contributed by atoms with Crippen molar-refractivity contribution in [3.05, 3.63) is 28.2 Å². The summed E-state index contributed by atoms with van der Waals surface area (Å²) in [6.45, 7) is 8.11. The third kappa shape index (κ3) is 4.14. The monoisotopic (exact) mass is 285 g/mol. The standard InChI is InChI=1S/C13H20BrNO/c1-10-7-11(5-6-12(10)14)16-9-13(2,3)8-15-4/h5-7,15H,8-9H2,1-4H3. The van der Waals surface area contributed by atoms with Gasteiger partial charge in [0.1, 0.15) is 5.75 Å². The number of aryl methyl sites for hydroxylation is 1. The van der Waals surface area contributed by atoms with Gasteiger partial charge in [0.15, 0.2) is 0 Å². The second-order valence-electron chi connectivity index (χ2n) is 4.89. The summed E-state index contributed by atoms with van der Waals surface area (Å²) in [7, 11) is 1.96. The molecule has 0 aliphatic carbocycles. The molecule has 90 valence electrons. The van der Waals surface area contributed by atoms with Crippen molar-refractivity contribution in [2.24, 2.45) is 5.41 Å². The van der Waals surface area contributed by atoms with Crippen LogP contribution in [0.5, 0.6) is 5.75 Å². The molecule has 0 unspecified atom stereocenters. The van der Waals surface area contributed by atoms with E-state index in [9.17, 15) is 0 Å². The molecule has 0 aromatic heterocycles. The summed E-state index contributed by atoms with van der Waals surface area (Å²) in [6.07, 6.45) is 0. The van der Waals surface area contributed by atoms with E-state index < -0.39 is 0 Å². The second kappa shape index (κ2) is 5.69. The molecule has 0 heterocycles. The number of hydrogen-bond donors (Lipinski definition) is 1. The molecule has 1 aromatic carbocycles. The predicted molar refractivity (Wildman–Crippen MR) is 72.1 cm³/mol. The van der Waals surface area contributed by atoms with Crippen molar-refractivity contribution in [1.82, 2.24) is 5.32 Å². The lowest BCUT2D eigenvalue weighted by Gasteiger charge is -2.24. The number of halogens is 1. The minimum Gasteiger partial charge on any atom is -0.493 e. The zero-order chi connectivity index (χ0) is 12.2. The molecular formula is C13H20BrNO. The molecule has 0 fully saturated rings. The third-order valence-corrected chi connectivity index (χ3v) is 3.30. The van der Waals surface area contributed by atoms with Crippen molar-refractivity contribution in [2.45, 2.75) is 20.8 Å². The highest BCUT2D eigenvalue weighted by Crippen LogP contribution is 2.23. The SMILES string of the molecule is CNCC(C)(C)COc1ccc(Br)c(C)c1. The van der Waals surface area contributed by atoms with Crippen LogP contribution < -0.4 is 10.1 Å². The van der Waals surface area contributed by atoms with Crippen LogP contribution in [0.15, 0.2) is 22.7 Å². The highest BCUT2D eigenvalue weighted by Gasteiger charge is 2.17. The summed E-state index contributed by atoms with van der Waals surface area (Å²) in [5.41, 5.74) is 1.35. The van der Waals surface area contributed by atoms with Gasteiger partial charge < -0.3 is 10.1 Å². The Morgan fingerprint density at radius 1 is 1.38 bits per heavy atom. The molecule has 0 aliphatic rings. The fourth-order valence-corrected chi connectivity index (χ4v) is 1.76. The van der Waals surface area contributed by atoms with Crippen molar-refractivity contribution >= 4 is 15.9 Å². The van der Waals surface area contributed by atoms with E-state index in [1.54, 1.807) is 0 Å². The summed E-state index contributed by atoms with van der Waals surface area (Å²) in [6, 6.07) is 6.07. The summed E-state index contributed by atoms with van der Waals surface area (Å²) in [4.78, 5) is 0. The first-order chi connectivity index (χ1) is 7.44. The molecule has 1 N–H and O–H groups in total. The fraction of sp³-hybridized carbons (Fsp3) is 0.538. The molecule has 0 bridgehead atoms. The number of nitrogens with one attached hydrogen (secondary N) is 1. The van der Waals surface area contributed by atoms with Gasteiger partial charge in [0.05, 0.1) is 6.61 Å². The maximum Gasteiger partial charge on any atom is 0.119 e. The molecule has 0 amide bonds. The number of hydrogen-bond acceptors (Lipinski definition) is 2. The zero-order valence-corrected chi connectivity index (χ0v) is 12.0. The van der Waals surface area contributed by atoms with Gasteiger partial charge in [0.25, 0.3) is 0 Å². The van der Waals surface area contributed by atoms with E-state index in [0.717, 1.165) is 23.4 Å². The molecule has 16 heavy (non-hydrogen) atoms. The van der Waals surface area contributed by atoms with Crippen molar-refractivity contribution in [2.75, 3.05) is 20.2 Å². The van der Waals surface area contributed by atoms with E-state index in [1.165, 1.54) is 5.56 Å². The normalized spacial score (nSPS) is 11.6. The minimum atomic E-state index is 0.149. The molecular weight excluding hydrogens is 266 g/mol. The van der Waals surface area contributed by atoms with Gasteiger partial charge in [0.2, 0.25) is 0 Å². The first-order valence-corrected chi connectivity index (χ1v) is 6.27. The summed E-state index contributed by atoms with van der Waals surface area (Å²) in [5, 5.41) is 3.18. The Labute approximate surface area is 107 Å². The van der Waals surface area contributed by atoms with E-state index in [4.69, 9.17) is 4.74 Å². The van der Waals surface area contributed by atoms with Gasteiger partial charge in [-0.25, -0.2) is 0 Å². The van der Waals surface area contributed by atoms with Crippen LogP contribution in [0, 0.1) is 12.3 Å². The molecule has 0 spiro atoms. The molecule has 1 aromatic rings. The maximum absolute atomic E-state index is 5.80. The molecule has 3 heteroatoms. The summed E-state index contributed by atoms with van der Waals surface area (Å²) < 4.78 is 6.92. The largest absolute Gasteiger partial charge is 0.493 e. The summed E-state index contributed by atoms with van der Waals surface area (Å²) in [5.74, 6) is 0.935. The predicted octanol–water partition coefficient (Wildman–Crippen LogP) is 3.38. The van der Waals surface area contributed by atoms with Crippen LogP contribution in [0.4, 0.5) is 0 Å². The van der Waals surface area contributed by atoms with E-state index in [1.807, 2.05) is 19.2 Å². The smallest absolute Gasteiger partial charge is 0.119 e. The average Bonchev–Trinajstić information content (AvgIpc) is 2.20. The van der Waals surface area contributed by atoms with Gasteiger partial charge in [-0.15, -0.1) is 0 Å². The topological polar surface area (TPSA) is 21.3 Å². The zero-order valence-electron chi connectivity index (χ0n) is 10.4. The lowest BCUT2D eigenvalue weighted by molar-refractivity contribution is 0.179. The number of benzene rings is 1. The Kier molecular flexibility index (Phi) is 4.81. The van der Waals surface area contributed by atoms with Gasteiger partial charge in [-0.2, -0.15) is 0 Å². The Bertz CT molecular complexity index is 350. The molecule has 0 atom stereocenters. The van der Waals surface area contributed by atoms with Gasteiger partial charge >= 0.3 is 0 Å². The fourth-order valence-electron chi connectivity index (χ4n) is 1.52.